The van der Waals surface area contributed by atoms with Crippen molar-refractivity contribution in [1.29, 1.82) is 0 Å². The summed E-state index contributed by atoms with van der Waals surface area (Å²) >= 11 is 0. The Bertz CT molecular complexity index is 1330. The van der Waals surface area contributed by atoms with Gasteiger partial charge >= 0.3 is 0 Å². The van der Waals surface area contributed by atoms with Gasteiger partial charge in [-0.3, -0.25) is 9.59 Å². The molecule has 0 N–H and O–H groups in total. The molecule has 0 spiro atoms. The molecule has 3 heteroatoms. The SMILES string of the molecule is C[Si]1(C)C(c2ccc(C=O)cc2)=C(c2ccccc2)C(c2ccccc2)=C1c1ccc(C=O)cc1. The van der Waals surface area contributed by atoms with Gasteiger partial charge in [0.15, 0.2) is 0 Å². The topological polar surface area (TPSA) is 34.1 Å². The molecule has 5 rings (SSSR count). The second kappa shape index (κ2) is 9.28. The lowest BCUT2D eigenvalue weighted by molar-refractivity contribution is 0.111. The molecule has 0 radical (unpaired) electrons. The minimum absolute atomic E-state index is 0.675. The molecule has 1 aliphatic rings. The molecular formula is C32H26O2Si. The van der Waals surface area contributed by atoms with E-state index in [4.69, 9.17) is 0 Å². The highest BCUT2D eigenvalue weighted by molar-refractivity contribution is 7.13. The van der Waals surface area contributed by atoms with Crippen molar-refractivity contribution in [2.75, 3.05) is 0 Å². The smallest absolute Gasteiger partial charge is 0.150 e. The van der Waals surface area contributed by atoms with E-state index in [-0.39, 0.29) is 0 Å². The second-order valence-corrected chi connectivity index (χ2v) is 13.6. The molecule has 4 aromatic carbocycles. The van der Waals surface area contributed by atoms with E-state index < -0.39 is 8.07 Å². The van der Waals surface area contributed by atoms with Gasteiger partial charge < -0.3 is 0 Å². The maximum absolute atomic E-state index is 11.3. The van der Waals surface area contributed by atoms with Crippen LogP contribution in [0.5, 0.6) is 0 Å². The Balaban J connectivity index is 1.87. The third-order valence-electron chi connectivity index (χ3n) is 6.80. The van der Waals surface area contributed by atoms with Crippen LogP contribution in [0.25, 0.3) is 21.5 Å². The van der Waals surface area contributed by atoms with E-state index in [0.29, 0.717) is 11.1 Å². The molecule has 1 heterocycles. The lowest BCUT2D eigenvalue weighted by Crippen LogP contribution is -2.28. The minimum Gasteiger partial charge on any atom is -0.298 e. The number of rotatable bonds is 6. The zero-order valence-corrected chi connectivity index (χ0v) is 20.9. The Morgan fingerprint density at radius 2 is 0.800 bits per heavy atom. The highest BCUT2D eigenvalue weighted by atomic mass is 28.3. The second-order valence-electron chi connectivity index (χ2n) is 9.34. The number of hydrogen-bond donors (Lipinski definition) is 0. The third kappa shape index (κ3) is 4.05. The molecule has 1 aliphatic heterocycles. The molecule has 2 nitrogen and oxygen atoms in total. The molecule has 170 valence electrons. The first-order valence-electron chi connectivity index (χ1n) is 11.8. The van der Waals surface area contributed by atoms with Crippen LogP contribution >= 0.6 is 0 Å². The maximum atomic E-state index is 11.3. The Morgan fingerprint density at radius 3 is 1.11 bits per heavy atom. The summed E-state index contributed by atoms with van der Waals surface area (Å²) in [6, 6.07) is 37.1. The van der Waals surface area contributed by atoms with Crippen LogP contribution in [0.2, 0.25) is 13.1 Å². The van der Waals surface area contributed by atoms with Crippen LogP contribution in [0, 0.1) is 0 Å². The van der Waals surface area contributed by atoms with E-state index in [1.54, 1.807) is 0 Å². The van der Waals surface area contributed by atoms with Crippen molar-refractivity contribution in [3.05, 3.63) is 143 Å². The lowest BCUT2D eigenvalue weighted by Gasteiger charge is -2.26. The van der Waals surface area contributed by atoms with Crippen LogP contribution in [0.4, 0.5) is 0 Å². The monoisotopic (exact) mass is 470 g/mol. The number of hydrogen-bond acceptors (Lipinski definition) is 2. The van der Waals surface area contributed by atoms with Gasteiger partial charge in [0.25, 0.3) is 0 Å². The van der Waals surface area contributed by atoms with Crippen molar-refractivity contribution in [1.82, 2.24) is 0 Å². The van der Waals surface area contributed by atoms with Crippen LogP contribution in [0.15, 0.2) is 109 Å². The summed E-state index contributed by atoms with van der Waals surface area (Å²) in [5, 5.41) is 2.71. The summed E-state index contributed by atoms with van der Waals surface area (Å²) in [6.07, 6.45) is 1.78. The van der Waals surface area contributed by atoms with E-state index >= 15 is 0 Å². The highest BCUT2D eigenvalue weighted by Crippen LogP contribution is 2.55. The number of benzene rings is 4. The predicted molar refractivity (Wildman–Crippen MR) is 148 cm³/mol. The first-order chi connectivity index (χ1) is 17.0. The van der Waals surface area contributed by atoms with Crippen molar-refractivity contribution in [2.24, 2.45) is 0 Å². The Kier molecular flexibility index (Phi) is 6.02. The average molecular weight is 471 g/mol. The molecule has 0 saturated heterocycles. The summed E-state index contributed by atoms with van der Waals surface area (Å²) in [4.78, 5) is 22.7. The molecule has 0 fully saturated rings. The molecule has 0 unspecified atom stereocenters. The number of carbonyl (C=O) groups excluding carboxylic acids is 2. The van der Waals surface area contributed by atoms with Gasteiger partial charge in [-0.05, 0) is 43.8 Å². The highest BCUT2D eigenvalue weighted by Gasteiger charge is 2.43. The molecule has 0 amide bonds. The molecular weight excluding hydrogens is 444 g/mol. The van der Waals surface area contributed by atoms with Gasteiger partial charge in [-0.1, -0.05) is 122 Å². The molecule has 0 atom stereocenters. The number of aldehydes is 2. The van der Waals surface area contributed by atoms with E-state index in [0.717, 1.165) is 23.7 Å². The minimum atomic E-state index is -2.24. The predicted octanol–water partition coefficient (Wildman–Crippen LogP) is 7.63. The molecule has 35 heavy (non-hydrogen) atoms. The fourth-order valence-corrected chi connectivity index (χ4v) is 9.07. The largest absolute Gasteiger partial charge is 0.298 e. The van der Waals surface area contributed by atoms with E-state index in [2.05, 4.69) is 85.9 Å². The number of carbonyl (C=O) groups is 2. The van der Waals surface area contributed by atoms with Gasteiger partial charge in [-0.25, -0.2) is 0 Å². The summed E-state index contributed by atoms with van der Waals surface area (Å²) in [5.74, 6) is 0. The Morgan fingerprint density at radius 1 is 0.457 bits per heavy atom. The van der Waals surface area contributed by atoms with Crippen molar-refractivity contribution in [2.45, 2.75) is 13.1 Å². The van der Waals surface area contributed by atoms with E-state index in [9.17, 15) is 9.59 Å². The normalized spacial score (nSPS) is 14.8. The van der Waals surface area contributed by atoms with Crippen molar-refractivity contribution >= 4 is 42.2 Å². The summed E-state index contributed by atoms with van der Waals surface area (Å²) < 4.78 is 0. The summed E-state index contributed by atoms with van der Waals surface area (Å²) in [5.41, 5.74) is 8.52. The Labute approximate surface area is 207 Å². The third-order valence-corrected chi connectivity index (χ3v) is 10.4. The van der Waals surface area contributed by atoms with Gasteiger partial charge in [0.2, 0.25) is 0 Å². The van der Waals surface area contributed by atoms with E-state index in [1.807, 2.05) is 36.4 Å². The van der Waals surface area contributed by atoms with Crippen LogP contribution in [0.3, 0.4) is 0 Å². The quantitative estimate of drug-likeness (QED) is 0.214. The molecule has 0 aliphatic carbocycles. The average Bonchev–Trinajstić information content (AvgIpc) is 3.16. The first-order valence-corrected chi connectivity index (χ1v) is 14.8. The molecule has 0 bridgehead atoms. The Hall–Kier alpha value is -4.08. The van der Waals surface area contributed by atoms with Crippen LogP contribution in [-0.2, 0) is 0 Å². The zero-order valence-electron chi connectivity index (χ0n) is 19.9. The molecule has 4 aromatic rings. The van der Waals surface area contributed by atoms with E-state index in [1.165, 1.54) is 32.7 Å². The molecule has 0 saturated carbocycles. The standard InChI is InChI=1S/C32H26O2Si/c1-35(2)31(27-17-13-23(21-33)14-18-27)29(25-9-5-3-6-10-25)30(26-11-7-4-8-12-26)32(35)28-19-15-24(22-34)16-20-28/h3-22H,1-2H3. The maximum Gasteiger partial charge on any atom is 0.150 e. The number of allylic oxidation sites excluding steroid dienone is 2. The summed E-state index contributed by atoms with van der Waals surface area (Å²) in [6.45, 7) is 4.80. The fraction of sp³-hybridized carbons (Fsp3) is 0.0625. The zero-order chi connectivity index (χ0) is 24.4. The van der Waals surface area contributed by atoms with Crippen molar-refractivity contribution < 1.29 is 9.59 Å². The summed E-state index contributed by atoms with van der Waals surface area (Å²) in [7, 11) is -2.24. The van der Waals surface area contributed by atoms with Gasteiger partial charge in [0, 0.05) is 11.1 Å². The van der Waals surface area contributed by atoms with Crippen LogP contribution in [0.1, 0.15) is 43.0 Å². The van der Waals surface area contributed by atoms with Gasteiger partial charge in [-0.15, -0.1) is 0 Å². The fourth-order valence-electron chi connectivity index (χ4n) is 5.25. The van der Waals surface area contributed by atoms with Gasteiger partial charge in [0.05, 0.1) is 0 Å². The lowest BCUT2D eigenvalue weighted by atomic mass is 9.89. The van der Waals surface area contributed by atoms with Crippen molar-refractivity contribution in [3.8, 4) is 0 Å². The first kappa shape index (κ1) is 22.7. The molecule has 0 aromatic heterocycles. The van der Waals surface area contributed by atoms with Crippen molar-refractivity contribution in [3.63, 3.8) is 0 Å². The van der Waals surface area contributed by atoms with Gasteiger partial charge in [-0.2, -0.15) is 0 Å². The van der Waals surface area contributed by atoms with Crippen LogP contribution in [-0.4, -0.2) is 20.6 Å². The van der Waals surface area contributed by atoms with Crippen LogP contribution < -0.4 is 0 Å². The van der Waals surface area contributed by atoms with Gasteiger partial charge in [0.1, 0.15) is 20.6 Å².